The lowest BCUT2D eigenvalue weighted by atomic mass is 9.92. The van der Waals surface area contributed by atoms with Gasteiger partial charge in [-0.05, 0) is 82.4 Å². The fraction of sp³-hybridized carbons (Fsp3) is 0.500. The number of methoxy groups -OCH3 is 1. The molecule has 1 aromatic carbocycles. The summed E-state index contributed by atoms with van der Waals surface area (Å²) >= 11 is 0. The van der Waals surface area contributed by atoms with Gasteiger partial charge >= 0.3 is 5.69 Å². The van der Waals surface area contributed by atoms with Gasteiger partial charge in [0.2, 0.25) is 0 Å². The minimum Gasteiger partial charge on any atom is -0.381 e. The molecule has 0 radical (unpaired) electrons. The van der Waals surface area contributed by atoms with E-state index in [4.69, 9.17) is 14.7 Å². The van der Waals surface area contributed by atoms with E-state index in [0.717, 1.165) is 90.5 Å². The van der Waals surface area contributed by atoms with E-state index in [9.17, 15) is 4.79 Å². The molecule has 3 aromatic heterocycles. The van der Waals surface area contributed by atoms with Crippen molar-refractivity contribution in [1.29, 1.82) is 0 Å². The molecule has 200 valence electrons. The molecular formula is C30H38N6O2. The van der Waals surface area contributed by atoms with E-state index in [1.54, 1.807) is 11.7 Å². The predicted octanol–water partition coefficient (Wildman–Crippen LogP) is 4.61. The fourth-order valence-corrected chi connectivity index (χ4v) is 6.47. The van der Waals surface area contributed by atoms with E-state index in [1.165, 1.54) is 0 Å². The Kier molecular flexibility index (Phi) is 6.70. The molecule has 1 aliphatic carbocycles. The summed E-state index contributed by atoms with van der Waals surface area (Å²) in [5.74, 6) is 1.04. The van der Waals surface area contributed by atoms with E-state index < -0.39 is 0 Å². The summed E-state index contributed by atoms with van der Waals surface area (Å²) in [6, 6.07) is 11.4. The van der Waals surface area contributed by atoms with Crippen molar-refractivity contribution in [3.8, 4) is 11.1 Å². The maximum atomic E-state index is 13.5. The number of imidazole rings is 1. The van der Waals surface area contributed by atoms with Crippen LogP contribution in [0.4, 0.5) is 5.82 Å². The highest BCUT2D eigenvalue weighted by Crippen LogP contribution is 2.35. The van der Waals surface area contributed by atoms with Crippen LogP contribution in [-0.2, 0) is 11.8 Å². The first kappa shape index (κ1) is 25.1. The Balaban J connectivity index is 1.36. The summed E-state index contributed by atoms with van der Waals surface area (Å²) in [6.07, 6.45) is 10.3. The largest absolute Gasteiger partial charge is 0.381 e. The number of benzene rings is 1. The van der Waals surface area contributed by atoms with Gasteiger partial charge in [-0.2, -0.15) is 0 Å². The smallest absolute Gasteiger partial charge is 0.329 e. The number of rotatable bonds is 5. The van der Waals surface area contributed by atoms with Crippen LogP contribution in [0.25, 0.3) is 33.1 Å². The van der Waals surface area contributed by atoms with Gasteiger partial charge in [0.05, 0.1) is 28.9 Å². The molecule has 1 saturated carbocycles. The number of nitrogens with zero attached hydrogens (tertiary/aromatic N) is 6. The Labute approximate surface area is 223 Å². The Morgan fingerprint density at radius 1 is 0.974 bits per heavy atom. The first-order chi connectivity index (χ1) is 18.4. The van der Waals surface area contributed by atoms with Crippen LogP contribution in [0.5, 0.6) is 0 Å². The number of ether oxygens (including phenoxy) is 1. The van der Waals surface area contributed by atoms with Gasteiger partial charge < -0.3 is 14.5 Å². The van der Waals surface area contributed by atoms with Crippen molar-refractivity contribution in [2.24, 2.45) is 7.05 Å². The number of hydrogen-bond acceptors (Lipinski definition) is 6. The topological polar surface area (TPSA) is 68.4 Å². The van der Waals surface area contributed by atoms with Crippen molar-refractivity contribution in [2.45, 2.75) is 56.7 Å². The van der Waals surface area contributed by atoms with Crippen LogP contribution in [0.2, 0.25) is 0 Å². The van der Waals surface area contributed by atoms with Crippen molar-refractivity contribution >= 4 is 27.8 Å². The van der Waals surface area contributed by atoms with E-state index >= 15 is 0 Å². The molecule has 1 aliphatic heterocycles. The number of hydrogen-bond donors (Lipinski definition) is 0. The van der Waals surface area contributed by atoms with Gasteiger partial charge in [0.25, 0.3) is 0 Å². The highest BCUT2D eigenvalue weighted by molar-refractivity contribution is 6.04. The monoisotopic (exact) mass is 514 g/mol. The standard InChI is InChI=1S/C30H38N6O2/c1-33(2)22-12-14-35(15-13-22)28-11-9-21(18-32-28)20-8-10-26-25(16-20)29-27(19-31-26)34(3)30(37)36(29)23-6-5-7-24(17-23)38-4/h8-11,16,18-19,22-24H,5-7,12-15,17H2,1-4H3/t23-,24+/m1/s1. The molecule has 2 fully saturated rings. The number of fused-ring (bicyclic) bond motifs is 3. The Morgan fingerprint density at radius 3 is 2.47 bits per heavy atom. The van der Waals surface area contributed by atoms with Gasteiger partial charge in [-0.3, -0.25) is 14.1 Å². The molecule has 1 saturated heterocycles. The summed E-state index contributed by atoms with van der Waals surface area (Å²) in [5.41, 5.74) is 4.91. The lowest BCUT2D eigenvalue weighted by molar-refractivity contribution is 0.0531. The van der Waals surface area contributed by atoms with E-state index in [-0.39, 0.29) is 17.8 Å². The second kappa shape index (κ2) is 10.2. The molecule has 0 amide bonds. The normalized spacial score (nSPS) is 21.1. The van der Waals surface area contributed by atoms with Crippen molar-refractivity contribution < 1.29 is 4.74 Å². The average Bonchev–Trinajstić information content (AvgIpc) is 3.22. The zero-order valence-electron chi connectivity index (χ0n) is 22.9. The van der Waals surface area contributed by atoms with Gasteiger partial charge in [0.15, 0.2) is 0 Å². The van der Waals surface area contributed by atoms with Gasteiger partial charge in [-0.25, -0.2) is 9.78 Å². The Bertz CT molecular complexity index is 1500. The molecule has 8 nitrogen and oxygen atoms in total. The first-order valence-electron chi connectivity index (χ1n) is 13.8. The van der Waals surface area contributed by atoms with Crippen molar-refractivity contribution in [2.75, 3.05) is 39.2 Å². The number of aryl methyl sites for hydroxylation is 1. The van der Waals surface area contributed by atoms with Crippen molar-refractivity contribution in [1.82, 2.24) is 24.0 Å². The molecule has 0 bridgehead atoms. The third-order valence-corrected chi connectivity index (χ3v) is 8.81. The van der Waals surface area contributed by atoms with Gasteiger partial charge in [-0.1, -0.05) is 6.07 Å². The number of aromatic nitrogens is 4. The van der Waals surface area contributed by atoms with Crippen LogP contribution in [0.15, 0.2) is 47.5 Å². The second-order valence-electron chi connectivity index (χ2n) is 11.2. The second-order valence-corrected chi connectivity index (χ2v) is 11.2. The molecule has 2 aliphatic rings. The fourth-order valence-electron chi connectivity index (χ4n) is 6.47. The quantitative estimate of drug-likeness (QED) is 0.387. The molecule has 0 unspecified atom stereocenters. The molecule has 2 atom stereocenters. The van der Waals surface area contributed by atoms with Crippen molar-refractivity contribution in [3.63, 3.8) is 0 Å². The summed E-state index contributed by atoms with van der Waals surface area (Å²) in [7, 11) is 7.95. The molecule has 8 heteroatoms. The number of pyridine rings is 2. The first-order valence-corrected chi connectivity index (χ1v) is 13.8. The summed E-state index contributed by atoms with van der Waals surface area (Å²) in [6.45, 7) is 2.07. The van der Waals surface area contributed by atoms with E-state index in [0.29, 0.717) is 6.04 Å². The van der Waals surface area contributed by atoms with E-state index in [2.05, 4.69) is 54.2 Å². The zero-order valence-corrected chi connectivity index (χ0v) is 22.9. The maximum absolute atomic E-state index is 13.5. The molecule has 4 heterocycles. The number of piperidine rings is 1. The van der Waals surface area contributed by atoms with Crippen molar-refractivity contribution in [3.05, 3.63) is 53.2 Å². The van der Waals surface area contributed by atoms with Crippen LogP contribution in [0.1, 0.15) is 44.6 Å². The Hall–Kier alpha value is -3.23. The summed E-state index contributed by atoms with van der Waals surface area (Å²) < 4.78 is 9.43. The average molecular weight is 515 g/mol. The highest BCUT2D eigenvalue weighted by Gasteiger charge is 2.28. The molecular weight excluding hydrogens is 476 g/mol. The predicted molar refractivity (Wildman–Crippen MR) is 153 cm³/mol. The SMILES string of the molecule is CO[C@H]1CCC[C@@H](n2c(=O)n(C)c3cnc4ccc(-c5ccc(N6CCC(N(C)C)CC6)nc5)cc4c32)C1. The van der Waals surface area contributed by atoms with E-state index in [1.807, 2.05) is 24.0 Å². The van der Waals surface area contributed by atoms with Gasteiger partial charge in [0, 0.05) is 56.5 Å². The Morgan fingerprint density at radius 2 is 1.76 bits per heavy atom. The molecule has 0 spiro atoms. The highest BCUT2D eigenvalue weighted by atomic mass is 16.5. The third kappa shape index (κ3) is 4.39. The molecule has 4 aromatic rings. The minimum atomic E-state index is 0.0190. The summed E-state index contributed by atoms with van der Waals surface area (Å²) in [4.78, 5) is 27.7. The van der Waals surface area contributed by atoms with Crippen LogP contribution in [0.3, 0.4) is 0 Å². The lowest BCUT2D eigenvalue weighted by Gasteiger charge is -2.35. The minimum absolute atomic E-state index is 0.0190. The van der Waals surface area contributed by atoms with Crippen LogP contribution in [0, 0.1) is 0 Å². The molecule has 6 rings (SSSR count). The maximum Gasteiger partial charge on any atom is 0.329 e. The third-order valence-electron chi connectivity index (χ3n) is 8.81. The van der Waals surface area contributed by atoms with Gasteiger partial charge in [0.1, 0.15) is 5.82 Å². The zero-order chi connectivity index (χ0) is 26.4. The van der Waals surface area contributed by atoms with Crippen LogP contribution >= 0.6 is 0 Å². The van der Waals surface area contributed by atoms with Crippen LogP contribution < -0.4 is 10.6 Å². The molecule has 0 N–H and O–H groups in total. The van der Waals surface area contributed by atoms with Gasteiger partial charge in [-0.15, -0.1) is 0 Å². The molecule has 38 heavy (non-hydrogen) atoms. The lowest BCUT2D eigenvalue weighted by Crippen LogP contribution is -2.42. The summed E-state index contributed by atoms with van der Waals surface area (Å²) in [5, 5.41) is 1.01. The van der Waals surface area contributed by atoms with Crippen LogP contribution in [-0.4, -0.2) is 70.4 Å². The number of anilines is 1.